The maximum Gasteiger partial charge on any atom is 0.322 e. The van der Waals surface area contributed by atoms with E-state index in [1.807, 2.05) is 12.2 Å². The molecule has 5 heteroatoms. The average Bonchev–Trinajstić information content (AvgIpc) is 2.14. The molecule has 0 bridgehead atoms. The average molecular weight is 305 g/mol. The third-order valence-electron chi connectivity index (χ3n) is 2.53. The standard InChI is InChI=1S/C12H17BrO4/c1-8(14)16-6-9-4-5-10(9)7-17-11(15)12(2,3)13/h4-5,9-10H,6-7H2,1-3H3/t9-,10+/m1/s1. The number of alkyl halides is 1. The minimum absolute atomic E-state index is 0.146. The number of halogens is 1. The number of esters is 2. The Hall–Kier alpha value is -0.840. The van der Waals surface area contributed by atoms with Gasteiger partial charge in [-0.05, 0) is 13.8 Å². The van der Waals surface area contributed by atoms with Crippen molar-refractivity contribution in [3.05, 3.63) is 12.2 Å². The van der Waals surface area contributed by atoms with Crippen molar-refractivity contribution < 1.29 is 19.1 Å². The van der Waals surface area contributed by atoms with Crippen molar-refractivity contribution in [1.29, 1.82) is 0 Å². The largest absolute Gasteiger partial charge is 0.465 e. The van der Waals surface area contributed by atoms with Crippen LogP contribution in [0.5, 0.6) is 0 Å². The lowest BCUT2D eigenvalue weighted by atomic mass is 9.83. The molecule has 0 aromatic carbocycles. The predicted octanol–water partition coefficient (Wildman–Crippen LogP) is 2.07. The van der Waals surface area contributed by atoms with Crippen molar-refractivity contribution in [3.63, 3.8) is 0 Å². The Labute approximate surface area is 109 Å². The molecule has 0 fully saturated rings. The molecule has 0 unspecified atom stereocenters. The molecule has 2 atom stereocenters. The molecule has 0 radical (unpaired) electrons. The van der Waals surface area contributed by atoms with E-state index in [9.17, 15) is 9.59 Å². The Morgan fingerprint density at radius 3 is 2.00 bits per heavy atom. The third-order valence-corrected chi connectivity index (χ3v) is 2.85. The van der Waals surface area contributed by atoms with Gasteiger partial charge in [0.15, 0.2) is 0 Å². The van der Waals surface area contributed by atoms with Gasteiger partial charge in [0.1, 0.15) is 4.32 Å². The van der Waals surface area contributed by atoms with Gasteiger partial charge in [0, 0.05) is 18.8 Å². The van der Waals surface area contributed by atoms with Crippen molar-refractivity contribution >= 4 is 27.9 Å². The van der Waals surface area contributed by atoms with Crippen LogP contribution in [0.15, 0.2) is 12.2 Å². The van der Waals surface area contributed by atoms with Crippen LogP contribution in [-0.2, 0) is 19.1 Å². The van der Waals surface area contributed by atoms with Gasteiger partial charge in [0.2, 0.25) is 0 Å². The summed E-state index contributed by atoms with van der Waals surface area (Å²) in [5.41, 5.74) is 0. The Bertz CT molecular complexity index is 330. The van der Waals surface area contributed by atoms with E-state index < -0.39 is 4.32 Å². The molecule has 0 aromatic rings. The highest BCUT2D eigenvalue weighted by Crippen LogP contribution is 2.27. The summed E-state index contributed by atoms with van der Waals surface area (Å²) in [5, 5.41) is 0. The molecule has 0 saturated carbocycles. The second-order valence-electron chi connectivity index (χ2n) is 4.59. The van der Waals surface area contributed by atoms with Gasteiger partial charge in [-0.2, -0.15) is 0 Å². The fraction of sp³-hybridized carbons (Fsp3) is 0.667. The van der Waals surface area contributed by atoms with Crippen LogP contribution in [0.2, 0.25) is 0 Å². The van der Waals surface area contributed by atoms with Crippen LogP contribution in [0.25, 0.3) is 0 Å². The van der Waals surface area contributed by atoms with Gasteiger partial charge in [0.05, 0.1) is 13.2 Å². The van der Waals surface area contributed by atoms with Crippen LogP contribution in [-0.4, -0.2) is 29.5 Å². The van der Waals surface area contributed by atoms with Gasteiger partial charge in [-0.25, -0.2) is 0 Å². The number of hydrogen-bond donors (Lipinski definition) is 0. The van der Waals surface area contributed by atoms with Crippen LogP contribution < -0.4 is 0 Å². The summed E-state index contributed by atoms with van der Waals surface area (Å²) in [5.74, 6) is -0.273. The van der Waals surface area contributed by atoms with E-state index in [1.54, 1.807) is 13.8 Å². The molecular formula is C12H17BrO4. The normalized spacial score (nSPS) is 22.8. The predicted molar refractivity (Wildman–Crippen MR) is 66.7 cm³/mol. The Morgan fingerprint density at radius 2 is 1.65 bits per heavy atom. The monoisotopic (exact) mass is 304 g/mol. The summed E-state index contributed by atoms with van der Waals surface area (Å²) in [6, 6.07) is 0. The summed E-state index contributed by atoms with van der Waals surface area (Å²) < 4.78 is 9.42. The van der Waals surface area contributed by atoms with E-state index in [-0.39, 0.29) is 23.8 Å². The summed E-state index contributed by atoms with van der Waals surface area (Å²) >= 11 is 3.24. The number of carbonyl (C=O) groups is 2. The third kappa shape index (κ3) is 4.50. The van der Waals surface area contributed by atoms with Crippen molar-refractivity contribution in [1.82, 2.24) is 0 Å². The Morgan fingerprint density at radius 1 is 1.18 bits per heavy atom. The summed E-state index contributed by atoms with van der Waals surface area (Å²) in [6.45, 7) is 5.54. The highest BCUT2D eigenvalue weighted by atomic mass is 79.9. The summed E-state index contributed by atoms with van der Waals surface area (Å²) in [6.07, 6.45) is 3.92. The van der Waals surface area contributed by atoms with E-state index in [2.05, 4.69) is 15.9 Å². The molecule has 1 aliphatic carbocycles. The molecule has 0 amide bonds. The van der Waals surface area contributed by atoms with E-state index in [0.717, 1.165) is 0 Å². The lowest BCUT2D eigenvalue weighted by Crippen LogP contribution is -2.33. The first-order valence-corrected chi connectivity index (χ1v) is 6.28. The van der Waals surface area contributed by atoms with E-state index in [4.69, 9.17) is 9.47 Å². The molecule has 0 saturated heterocycles. The zero-order chi connectivity index (χ0) is 13.1. The molecule has 1 rings (SSSR count). The van der Waals surface area contributed by atoms with E-state index in [1.165, 1.54) is 6.92 Å². The molecule has 0 N–H and O–H groups in total. The van der Waals surface area contributed by atoms with Crippen LogP contribution in [0.1, 0.15) is 20.8 Å². The number of carbonyl (C=O) groups excluding carboxylic acids is 2. The van der Waals surface area contributed by atoms with Gasteiger partial charge in [-0.3, -0.25) is 9.59 Å². The van der Waals surface area contributed by atoms with Crippen LogP contribution >= 0.6 is 15.9 Å². The SMILES string of the molecule is CC(=O)OC[C@H]1C=C[C@H]1COC(=O)C(C)(C)Br. The van der Waals surface area contributed by atoms with E-state index in [0.29, 0.717) is 13.2 Å². The maximum atomic E-state index is 11.5. The quantitative estimate of drug-likeness (QED) is 0.443. The molecule has 0 aromatic heterocycles. The first-order valence-electron chi connectivity index (χ1n) is 5.48. The number of hydrogen-bond acceptors (Lipinski definition) is 4. The molecule has 1 aliphatic rings. The smallest absolute Gasteiger partial charge is 0.322 e. The molecule has 0 heterocycles. The number of ether oxygens (including phenoxy) is 2. The van der Waals surface area contributed by atoms with Gasteiger partial charge in [-0.1, -0.05) is 28.1 Å². The number of rotatable bonds is 5. The van der Waals surface area contributed by atoms with Crippen molar-refractivity contribution in [2.24, 2.45) is 11.8 Å². The minimum atomic E-state index is -0.661. The lowest BCUT2D eigenvalue weighted by molar-refractivity contribution is -0.148. The highest BCUT2D eigenvalue weighted by molar-refractivity contribution is 9.10. The fourth-order valence-electron chi connectivity index (χ4n) is 1.34. The van der Waals surface area contributed by atoms with Crippen molar-refractivity contribution in [3.8, 4) is 0 Å². The van der Waals surface area contributed by atoms with Gasteiger partial charge in [-0.15, -0.1) is 0 Å². The second kappa shape index (κ2) is 5.67. The van der Waals surface area contributed by atoms with Crippen LogP contribution in [0.3, 0.4) is 0 Å². The molecule has 0 spiro atoms. The maximum absolute atomic E-state index is 11.5. The van der Waals surface area contributed by atoms with Gasteiger partial charge < -0.3 is 9.47 Å². The Balaban J connectivity index is 2.28. The van der Waals surface area contributed by atoms with Crippen molar-refractivity contribution in [2.75, 3.05) is 13.2 Å². The molecule has 17 heavy (non-hydrogen) atoms. The van der Waals surface area contributed by atoms with Gasteiger partial charge in [0.25, 0.3) is 0 Å². The first-order chi connectivity index (χ1) is 7.80. The molecule has 96 valence electrons. The van der Waals surface area contributed by atoms with Crippen LogP contribution in [0, 0.1) is 11.8 Å². The lowest BCUT2D eigenvalue weighted by Gasteiger charge is -2.29. The van der Waals surface area contributed by atoms with E-state index >= 15 is 0 Å². The minimum Gasteiger partial charge on any atom is -0.465 e. The van der Waals surface area contributed by atoms with Gasteiger partial charge >= 0.3 is 11.9 Å². The zero-order valence-electron chi connectivity index (χ0n) is 10.2. The topological polar surface area (TPSA) is 52.6 Å². The van der Waals surface area contributed by atoms with Crippen molar-refractivity contribution in [2.45, 2.75) is 25.1 Å². The van der Waals surface area contributed by atoms with Crippen LogP contribution in [0.4, 0.5) is 0 Å². The Kier molecular flexibility index (Phi) is 4.74. The zero-order valence-corrected chi connectivity index (χ0v) is 11.8. The molecular weight excluding hydrogens is 288 g/mol. The first kappa shape index (κ1) is 14.2. The fourth-order valence-corrected chi connectivity index (χ4v) is 1.46. The molecule has 0 aliphatic heterocycles. The second-order valence-corrected chi connectivity index (χ2v) is 6.57. The summed E-state index contributed by atoms with van der Waals surface area (Å²) in [4.78, 5) is 22.2. The highest BCUT2D eigenvalue weighted by Gasteiger charge is 2.30. The molecule has 4 nitrogen and oxygen atoms in total. The summed E-state index contributed by atoms with van der Waals surface area (Å²) in [7, 11) is 0.